The van der Waals surface area contributed by atoms with Gasteiger partial charge in [-0.25, -0.2) is 4.79 Å². The molecule has 2 atom stereocenters. The second kappa shape index (κ2) is 6.68. The monoisotopic (exact) mass is 370 g/mol. The number of urea groups is 1. The minimum absolute atomic E-state index is 0.0404. The average Bonchev–Trinajstić information content (AvgIpc) is 3.24. The zero-order valence-corrected chi connectivity index (χ0v) is 15.4. The molecule has 1 aromatic heterocycles. The molecule has 0 unspecified atom stereocenters. The number of aromatic nitrogens is 2. The van der Waals surface area contributed by atoms with Crippen LogP contribution in [0, 0.1) is 5.92 Å². The maximum Gasteiger partial charge on any atom is 0.325 e. The minimum Gasteiger partial charge on any atom is -0.496 e. The van der Waals surface area contributed by atoms with Crippen LogP contribution in [0.3, 0.4) is 0 Å². The lowest BCUT2D eigenvalue weighted by Crippen LogP contribution is -2.53. The molecule has 1 N–H and O–H groups in total. The third-order valence-electron chi connectivity index (χ3n) is 5.61. The SMILES string of the molecule is COc1ccccc1-c1noc(CN2C(=O)N[C@]3(CCCC[C@H]3C)C2=O)n1. The lowest BCUT2D eigenvalue weighted by atomic mass is 9.73. The largest absolute Gasteiger partial charge is 0.496 e. The Labute approximate surface area is 156 Å². The minimum atomic E-state index is -0.791. The van der Waals surface area contributed by atoms with Crippen molar-refractivity contribution in [2.24, 2.45) is 5.92 Å². The van der Waals surface area contributed by atoms with Crippen LogP contribution < -0.4 is 10.1 Å². The van der Waals surface area contributed by atoms with Crippen molar-refractivity contribution in [3.05, 3.63) is 30.2 Å². The van der Waals surface area contributed by atoms with E-state index in [1.54, 1.807) is 13.2 Å². The Morgan fingerprint density at radius 1 is 1.33 bits per heavy atom. The van der Waals surface area contributed by atoms with Crippen molar-refractivity contribution in [3.8, 4) is 17.1 Å². The number of nitrogens with zero attached hydrogens (tertiary/aromatic N) is 3. The molecule has 1 aliphatic heterocycles. The number of methoxy groups -OCH3 is 1. The van der Waals surface area contributed by atoms with E-state index in [2.05, 4.69) is 15.5 Å². The van der Waals surface area contributed by atoms with E-state index in [1.807, 2.05) is 25.1 Å². The molecule has 2 aromatic rings. The van der Waals surface area contributed by atoms with E-state index >= 15 is 0 Å². The van der Waals surface area contributed by atoms with Crippen molar-refractivity contribution < 1.29 is 18.8 Å². The van der Waals surface area contributed by atoms with Gasteiger partial charge in [0.2, 0.25) is 11.7 Å². The number of imide groups is 1. The predicted octanol–water partition coefficient (Wildman–Crippen LogP) is 2.75. The summed E-state index contributed by atoms with van der Waals surface area (Å²) in [6.45, 7) is 1.98. The van der Waals surface area contributed by atoms with Crippen LogP contribution >= 0.6 is 0 Å². The van der Waals surface area contributed by atoms with Gasteiger partial charge in [-0.05, 0) is 30.9 Å². The highest BCUT2D eigenvalue weighted by Crippen LogP contribution is 2.38. The predicted molar refractivity (Wildman–Crippen MR) is 95.7 cm³/mol. The Morgan fingerprint density at radius 3 is 2.93 bits per heavy atom. The number of nitrogens with one attached hydrogen (secondary N) is 1. The first-order valence-electron chi connectivity index (χ1n) is 9.15. The molecule has 2 heterocycles. The normalized spacial score (nSPS) is 25.1. The fourth-order valence-electron chi connectivity index (χ4n) is 4.03. The maximum absolute atomic E-state index is 13.0. The summed E-state index contributed by atoms with van der Waals surface area (Å²) in [7, 11) is 1.57. The summed E-state index contributed by atoms with van der Waals surface area (Å²) in [6, 6.07) is 6.92. The van der Waals surface area contributed by atoms with Crippen LogP contribution in [0.1, 0.15) is 38.5 Å². The van der Waals surface area contributed by atoms with Crippen molar-refractivity contribution in [1.29, 1.82) is 0 Å². The molecule has 8 nitrogen and oxygen atoms in total. The summed E-state index contributed by atoms with van der Waals surface area (Å²) in [4.78, 5) is 31.0. The van der Waals surface area contributed by atoms with Gasteiger partial charge in [-0.1, -0.05) is 37.1 Å². The van der Waals surface area contributed by atoms with Crippen LogP contribution in [-0.4, -0.2) is 39.6 Å². The Kier molecular flexibility index (Phi) is 4.33. The Morgan fingerprint density at radius 2 is 2.15 bits per heavy atom. The van der Waals surface area contributed by atoms with E-state index in [4.69, 9.17) is 9.26 Å². The van der Waals surface area contributed by atoms with E-state index in [0.29, 0.717) is 23.6 Å². The molecule has 0 radical (unpaired) electrons. The summed E-state index contributed by atoms with van der Waals surface area (Å²) < 4.78 is 10.6. The Bertz CT molecular complexity index is 880. The van der Waals surface area contributed by atoms with Crippen LogP contribution in [0.4, 0.5) is 4.79 Å². The van der Waals surface area contributed by atoms with Crippen molar-refractivity contribution >= 4 is 11.9 Å². The molecule has 2 aliphatic rings. The van der Waals surface area contributed by atoms with Gasteiger partial charge in [0.25, 0.3) is 5.91 Å². The third kappa shape index (κ3) is 2.85. The molecule has 1 saturated carbocycles. The zero-order valence-electron chi connectivity index (χ0n) is 15.4. The molecule has 3 amide bonds. The molecule has 142 valence electrons. The number of para-hydroxylation sites is 1. The molecular weight excluding hydrogens is 348 g/mol. The van der Waals surface area contributed by atoms with Crippen LogP contribution in [0.2, 0.25) is 0 Å². The van der Waals surface area contributed by atoms with Crippen molar-refractivity contribution in [2.45, 2.75) is 44.7 Å². The lowest BCUT2D eigenvalue weighted by Gasteiger charge is -2.36. The van der Waals surface area contributed by atoms with Crippen LogP contribution in [0.15, 0.2) is 28.8 Å². The van der Waals surface area contributed by atoms with Gasteiger partial charge in [-0.2, -0.15) is 4.98 Å². The van der Waals surface area contributed by atoms with E-state index in [0.717, 1.165) is 19.3 Å². The van der Waals surface area contributed by atoms with Gasteiger partial charge in [0.15, 0.2) is 0 Å². The Balaban J connectivity index is 1.56. The highest BCUT2D eigenvalue weighted by atomic mass is 16.5. The number of benzene rings is 1. The van der Waals surface area contributed by atoms with Gasteiger partial charge in [-0.3, -0.25) is 9.69 Å². The molecule has 1 aliphatic carbocycles. The first kappa shape index (κ1) is 17.5. The summed E-state index contributed by atoms with van der Waals surface area (Å²) in [6.07, 6.45) is 3.62. The topological polar surface area (TPSA) is 97.6 Å². The number of ether oxygens (including phenoxy) is 1. The second-order valence-electron chi connectivity index (χ2n) is 7.15. The van der Waals surface area contributed by atoms with Gasteiger partial charge in [0.05, 0.1) is 12.7 Å². The van der Waals surface area contributed by atoms with E-state index in [-0.39, 0.29) is 24.3 Å². The van der Waals surface area contributed by atoms with Gasteiger partial charge in [0.1, 0.15) is 17.8 Å². The number of carbonyl (C=O) groups excluding carboxylic acids is 2. The maximum atomic E-state index is 13.0. The first-order chi connectivity index (χ1) is 13.0. The summed E-state index contributed by atoms with van der Waals surface area (Å²) in [5.41, 5.74) is -0.106. The van der Waals surface area contributed by atoms with Gasteiger partial charge >= 0.3 is 6.03 Å². The summed E-state index contributed by atoms with van der Waals surface area (Å²) >= 11 is 0. The molecule has 4 rings (SSSR count). The van der Waals surface area contributed by atoms with Gasteiger partial charge in [-0.15, -0.1) is 0 Å². The number of amides is 3. The Hall–Kier alpha value is -2.90. The van der Waals surface area contributed by atoms with Gasteiger partial charge in [0, 0.05) is 0 Å². The zero-order chi connectivity index (χ0) is 19.0. The summed E-state index contributed by atoms with van der Waals surface area (Å²) in [5.74, 6) is 1.10. The van der Waals surface area contributed by atoms with Gasteiger partial charge < -0.3 is 14.6 Å². The molecule has 1 spiro atoms. The molecule has 0 bridgehead atoms. The highest BCUT2D eigenvalue weighted by molar-refractivity contribution is 6.07. The average molecular weight is 370 g/mol. The third-order valence-corrected chi connectivity index (χ3v) is 5.61. The lowest BCUT2D eigenvalue weighted by molar-refractivity contribution is -0.134. The fraction of sp³-hybridized carbons (Fsp3) is 0.474. The highest BCUT2D eigenvalue weighted by Gasteiger charge is 2.55. The first-order valence-corrected chi connectivity index (χ1v) is 9.15. The molecular formula is C19H22N4O4. The van der Waals surface area contributed by atoms with Crippen molar-refractivity contribution in [1.82, 2.24) is 20.4 Å². The number of hydrogen-bond donors (Lipinski definition) is 1. The smallest absolute Gasteiger partial charge is 0.325 e. The van der Waals surface area contributed by atoms with E-state index in [1.165, 1.54) is 4.90 Å². The van der Waals surface area contributed by atoms with E-state index in [9.17, 15) is 9.59 Å². The number of hydrogen-bond acceptors (Lipinski definition) is 6. The van der Waals surface area contributed by atoms with E-state index < -0.39 is 11.6 Å². The number of rotatable bonds is 4. The summed E-state index contributed by atoms with van der Waals surface area (Å²) in [5, 5.41) is 6.89. The standard InChI is InChI=1S/C19H22N4O4/c1-12-7-5-6-10-19(12)17(24)23(18(25)21-19)11-15-20-16(22-27-15)13-8-3-4-9-14(13)26-2/h3-4,8-9,12H,5-7,10-11H2,1-2H3,(H,21,25)/t12-,19+/m1/s1. The van der Waals surface area contributed by atoms with Crippen molar-refractivity contribution in [3.63, 3.8) is 0 Å². The van der Waals surface area contributed by atoms with Crippen LogP contribution in [0.25, 0.3) is 11.4 Å². The number of carbonyl (C=O) groups is 2. The second-order valence-corrected chi connectivity index (χ2v) is 7.15. The van der Waals surface area contributed by atoms with Crippen LogP contribution in [-0.2, 0) is 11.3 Å². The molecule has 1 aromatic carbocycles. The van der Waals surface area contributed by atoms with Crippen LogP contribution in [0.5, 0.6) is 5.75 Å². The molecule has 27 heavy (non-hydrogen) atoms. The molecule has 8 heteroatoms. The van der Waals surface area contributed by atoms with Crippen molar-refractivity contribution in [2.75, 3.05) is 7.11 Å². The molecule has 2 fully saturated rings. The fourth-order valence-corrected chi connectivity index (χ4v) is 4.03. The quantitative estimate of drug-likeness (QED) is 0.831. The molecule has 1 saturated heterocycles.